The number of aryl methyl sites for hydroxylation is 2. The average Bonchev–Trinajstić information content (AvgIpc) is 2.88. The summed E-state index contributed by atoms with van der Waals surface area (Å²) in [6.07, 6.45) is 10.8. The Kier molecular flexibility index (Phi) is 5.76. The second kappa shape index (κ2) is 7.80. The van der Waals surface area contributed by atoms with E-state index in [2.05, 4.69) is 22.3 Å². The molecule has 1 atom stereocenters. The maximum absolute atomic E-state index is 5.28. The van der Waals surface area contributed by atoms with Gasteiger partial charge in [0.05, 0.1) is 5.69 Å². The van der Waals surface area contributed by atoms with E-state index < -0.39 is 0 Å². The topological polar surface area (TPSA) is 41.3 Å². The molecule has 2 heterocycles. The Hall–Kier alpha value is -0.870. The Morgan fingerprint density at radius 1 is 1.13 bits per heavy atom. The minimum absolute atomic E-state index is 0.484. The molecular formula is C19H33N3O. The molecule has 2 fully saturated rings. The quantitative estimate of drug-likeness (QED) is 0.900. The highest BCUT2D eigenvalue weighted by atomic mass is 16.5. The van der Waals surface area contributed by atoms with Crippen LogP contribution in [0.15, 0.2) is 4.52 Å². The highest BCUT2D eigenvalue weighted by Crippen LogP contribution is 2.25. The third-order valence-corrected chi connectivity index (χ3v) is 5.83. The van der Waals surface area contributed by atoms with Gasteiger partial charge < -0.3 is 14.7 Å². The maximum Gasteiger partial charge on any atom is 0.137 e. The molecule has 3 rings (SSSR count). The van der Waals surface area contributed by atoms with Gasteiger partial charge in [-0.05, 0) is 66.0 Å². The van der Waals surface area contributed by atoms with E-state index in [9.17, 15) is 0 Å². The standard InChI is InChI=1S/C19H33N3O/c1-14(13-19-15(2)21-23-16(19)3)20-17-9-11-22(12-10-17)18-7-5-4-6-8-18/h14,17-18,20H,4-13H2,1-3H3. The van der Waals surface area contributed by atoms with Gasteiger partial charge in [0.1, 0.15) is 5.76 Å². The third-order valence-electron chi connectivity index (χ3n) is 5.83. The summed E-state index contributed by atoms with van der Waals surface area (Å²) in [4.78, 5) is 2.76. The zero-order valence-corrected chi connectivity index (χ0v) is 15.1. The van der Waals surface area contributed by atoms with Crippen LogP contribution in [0.2, 0.25) is 0 Å². The predicted octanol–water partition coefficient (Wildman–Crippen LogP) is 3.61. The summed E-state index contributed by atoms with van der Waals surface area (Å²) in [5.74, 6) is 0.975. The summed E-state index contributed by atoms with van der Waals surface area (Å²) in [5.41, 5.74) is 2.33. The molecule has 1 aliphatic heterocycles. The molecule has 4 heteroatoms. The fourth-order valence-corrected chi connectivity index (χ4v) is 4.44. The molecule has 2 aliphatic rings. The van der Waals surface area contributed by atoms with Crippen molar-refractivity contribution in [2.24, 2.45) is 0 Å². The van der Waals surface area contributed by atoms with Gasteiger partial charge in [0.15, 0.2) is 0 Å². The molecule has 1 saturated heterocycles. The highest BCUT2D eigenvalue weighted by molar-refractivity contribution is 5.21. The molecule has 0 bridgehead atoms. The molecule has 130 valence electrons. The fraction of sp³-hybridized carbons (Fsp3) is 0.842. The number of piperidine rings is 1. The van der Waals surface area contributed by atoms with Gasteiger partial charge in [0, 0.05) is 23.7 Å². The summed E-state index contributed by atoms with van der Waals surface area (Å²) in [5, 5.41) is 7.91. The van der Waals surface area contributed by atoms with Crippen molar-refractivity contribution in [1.29, 1.82) is 0 Å². The van der Waals surface area contributed by atoms with Crippen molar-refractivity contribution < 1.29 is 4.52 Å². The van der Waals surface area contributed by atoms with Crippen molar-refractivity contribution in [1.82, 2.24) is 15.4 Å². The lowest BCUT2D eigenvalue weighted by Crippen LogP contribution is -2.49. The number of likely N-dealkylation sites (tertiary alicyclic amines) is 1. The molecule has 1 N–H and O–H groups in total. The molecular weight excluding hydrogens is 286 g/mol. The van der Waals surface area contributed by atoms with Gasteiger partial charge in [-0.15, -0.1) is 0 Å². The van der Waals surface area contributed by atoms with Gasteiger partial charge in [-0.3, -0.25) is 0 Å². The lowest BCUT2D eigenvalue weighted by molar-refractivity contribution is 0.113. The minimum Gasteiger partial charge on any atom is -0.361 e. The SMILES string of the molecule is Cc1noc(C)c1CC(C)NC1CCN(C2CCCCC2)CC1. The van der Waals surface area contributed by atoms with Crippen LogP contribution in [0, 0.1) is 13.8 Å². The lowest BCUT2D eigenvalue weighted by atomic mass is 9.92. The molecule has 1 aliphatic carbocycles. The van der Waals surface area contributed by atoms with E-state index >= 15 is 0 Å². The van der Waals surface area contributed by atoms with E-state index in [1.54, 1.807) is 0 Å². The number of nitrogens with one attached hydrogen (secondary N) is 1. The van der Waals surface area contributed by atoms with Crippen molar-refractivity contribution in [3.05, 3.63) is 17.0 Å². The van der Waals surface area contributed by atoms with Crippen LogP contribution < -0.4 is 5.32 Å². The Bertz CT molecular complexity index is 465. The second-order valence-electron chi connectivity index (χ2n) is 7.68. The van der Waals surface area contributed by atoms with Crippen molar-refractivity contribution in [2.45, 2.75) is 90.3 Å². The summed E-state index contributed by atoms with van der Waals surface area (Å²) in [6.45, 7) is 8.91. The van der Waals surface area contributed by atoms with Gasteiger partial charge in [-0.25, -0.2) is 0 Å². The molecule has 1 unspecified atom stereocenters. The molecule has 1 aromatic heterocycles. The minimum atomic E-state index is 0.484. The highest BCUT2D eigenvalue weighted by Gasteiger charge is 2.26. The normalized spacial score (nSPS) is 23.3. The molecule has 23 heavy (non-hydrogen) atoms. The first-order chi connectivity index (χ1) is 11.1. The molecule has 1 saturated carbocycles. The molecule has 0 aromatic carbocycles. The van der Waals surface area contributed by atoms with E-state index in [1.807, 2.05) is 13.8 Å². The van der Waals surface area contributed by atoms with E-state index in [-0.39, 0.29) is 0 Å². The summed E-state index contributed by atoms with van der Waals surface area (Å²) in [7, 11) is 0. The predicted molar refractivity (Wildman–Crippen MR) is 93.7 cm³/mol. The van der Waals surface area contributed by atoms with Gasteiger partial charge in [-0.2, -0.15) is 0 Å². The van der Waals surface area contributed by atoms with E-state index in [0.717, 1.165) is 23.9 Å². The van der Waals surface area contributed by atoms with Crippen LogP contribution in [0.3, 0.4) is 0 Å². The third kappa shape index (κ3) is 4.36. The van der Waals surface area contributed by atoms with Crippen LogP contribution in [-0.2, 0) is 6.42 Å². The molecule has 0 spiro atoms. The summed E-state index contributed by atoms with van der Waals surface area (Å²) < 4.78 is 5.28. The fourth-order valence-electron chi connectivity index (χ4n) is 4.44. The van der Waals surface area contributed by atoms with Gasteiger partial charge >= 0.3 is 0 Å². The van der Waals surface area contributed by atoms with Gasteiger partial charge in [-0.1, -0.05) is 24.4 Å². The van der Waals surface area contributed by atoms with Crippen molar-refractivity contribution >= 4 is 0 Å². The first kappa shape index (κ1) is 17.0. The number of nitrogens with zero attached hydrogens (tertiary/aromatic N) is 2. The number of aromatic nitrogens is 1. The van der Waals surface area contributed by atoms with E-state index in [4.69, 9.17) is 4.52 Å². The first-order valence-corrected chi connectivity index (χ1v) is 9.55. The Labute approximate surface area is 141 Å². The largest absolute Gasteiger partial charge is 0.361 e. The Balaban J connectivity index is 1.43. The summed E-state index contributed by atoms with van der Waals surface area (Å²) >= 11 is 0. The zero-order chi connectivity index (χ0) is 16.2. The first-order valence-electron chi connectivity index (χ1n) is 9.55. The maximum atomic E-state index is 5.28. The summed E-state index contributed by atoms with van der Waals surface area (Å²) in [6, 6.07) is 2.03. The van der Waals surface area contributed by atoms with Gasteiger partial charge in [0.25, 0.3) is 0 Å². The Morgan fingerprint density at radius 3 is 2.43 bits per heavy atom. The van der Waals surface area contributed by atoms with Crippen molar-refractivity contribution in [3.8, 4) is 0 Å². The molecule has 4 nitrogen and oxygen atoms in total. The molecule has 0 amide bonds. The Morgan fingerprint density at radius 2 is 1.83 bits per heavy atom. The molecule has 1 aromatic rings. The zero-order valence-electron chi connectivity index (χ0n) is 15.1. The van der Waals surface area contributed by atoms with Crippen molar-refractivity contribution in [2.75, 3.05) is 13.1 Å². The van der Waals surface area contributed by atoms with Crippen LogP contribution in [-0.4, -0.2) is 41.3 Å². The monoisotopic (exact) mass is 319 g/mol. The second-order valence-corrected chi connectivity index (χ2v) is 7.68. The van der Waals surface area contributed by atoms with Crippen molar-refractivity contribution in [3.63, 3.8) is 0 Å². The van der Waals surface area contributed by atoms with Gasteiger partial charge in [0.2, 0.25) is 0 Å². The lowest BCUT2D eigenvalue weighted by Gasteiger charge is -2.40. The van der Waals surface area contributed by atoms with Crippen LogP contribution in [0.4, 0.5) is 0 Å². The molecule has 0 radical (unpaired) electrons. The smallest absolute Gasteiger partial charge is 0.137 e. The number of hydrogen-bond donors (Lipinski definition) is 1. The van der Waals surface area contributed by atoms with E-state index in [1.165, 1.54) is 63.6 Å². The van der Waals surface area contributed by atoms with Crippen LogP contribution in [0.5, 0.6) is 0 Å². The van der Waals surface area contributed by atoms with E-state index in [0.29, 0.717) is 12.1 Å². The number of rotatable bonds is 5. The number of hydrogen-bond acceptors (Lipinski definition) is 4. The van der Waals surface area contributed by atoms with Crippen LogP contribution in [0.1, 0.15) is 68.9 Å². The average molecular weight is 319 g/mol. The van der Waals surface area contributed by atoms with Crippen LogP contribution >= 0.6 is 0 Å². The van der Waals surface area contributed by atoms with Crippen LogP contribution in [0.25, 0.3) is 0 Å².